The van der Waals surface area contributed by atoms with E-state index in [2.05, 4.69) is 15.9 Å². The first kappa shape index (κ1) is 10.3. The zero-order valence-electron chi connectivity index (χ0n) is 6.84. The fourth-order valence-corrected chi connectivity index (χ4v) is 1.50. The molecular formula is C8H8BrFO3. The molecule has 0 radical (unpaired) electrons. The lowest BCUT2D eigenvalue weighted by molar-refractivity contribution is 0.268. The van der Waals surface area contributed by atoms with Gasteiger partial charge in [0.1, 0.15) is 0 Å². The van der Waals surface area contributed by atoms with E-state index in [1.54, 1.807) is 0 Å². The van der Waals surface area contributed by atoms with E-state index in [9.17, 15) is 9.50 Å². The van der Waals surface area contributed by atoms with Crippen molar-refractivity contribution in [1.82, 2.24) is 0 Å². The molecule has 2 N–H and O–H groups in total. The van der Waals surface area contributed by atoms with Crippen molar-refractivity contribution >= 4 is 15.9 Å². The van der Waals surface area contributed by atoms with Crippen LogP contribution < -0.4 is 4.74 Å². The zero-order valence-corrected chi connectivity index (χ0v) is 8.43. The monoisotopic (exact) mass is 250 g/mol. The molecule has 0 aliphatic carbocycles. The predicted octanol–water partition coefficient (Wildman–Crippen LogP) is 1.79. The van der Waals surface area contributed by atoms with Gasteiger partial charge in [-0.3, -0.25) is 0 Å². The van der Waals surface area contributed by atoms with E-state index >= 15 is 0 Å². The number of hydrogen-bond acceptors (Lipinski definition) is 3. The van der Waals surface area contributed by atoms with Crippen molar-refractivity contribution in [2.45, 2.75) is 6.61 Å². The lowest BCUT2D eigenvalue weighted by atomic mass is 10.2. The maximum absolute atomic E-state index is 12.9. The second-order valence-electron chi connectivity index (χ2n) is 2.36. The minimum absolute atomic E-state index is 0.0469. The molecule has 3 nitrogen and oxygen atoms in total. The Hall–Kier alpha value is -0.810. The Morgan fingerprint density at radius 2 is 2.23 bits per heavy atom. The summed E-state index contributed by atoms with van der Waals surface area (Å²) in [5, 5.41) is 18.1. The highest BCUT2D eigenvalue weighted by atomic mass is 79.9. The summed E-state index contributed by atoms with van der Waals surface area (Å²) in [6.45, 7) is -0.336. The highest BCUT2D eigenvalue weighted by Crippen LogP contribution is 2.37. The van der Waals surface area contributed by atoms with E-state index in [1.165, 1.54) is 7.11 Å². The number of benzene rings is 1. The highest BCUT2D eigenvalue weighted by Gasteiger charge is 2.16. The summed E-state index contributed by atoms with van der Waals surface area (Å²) < 4.78 is 18.0. The molecule has 0 heterocycles. The summed E-state index contributed by atoms with van der Waals surface area (Å²) >= 11 is 3.04. The van der Waals surface area contributed by atoms with Crippen LogP contribution in [-0.4, -0.2) is 17.3 Å². The number of halogens is 2. The maximum atomic E-state index is 12.9. The Morgan fingerprint density at radius 1 is 1.62 bits per heavy atom. The van der Waals surface area contributed by atoms with Gasteiger partial charge < -0.3 is 14.9 Å². The molecule has 0 aromatic heterocycles. The lowest BCUT2D eigenvalue weighted by Crippen LogP contribution is -1.95. The Bertz CT molecular complexity index is 328. The van der Waals surface area contributed by atoms with Crippen LogP contribution in [-0.2, 0) is 6.61 Å². The SMILES string of the molecule is COc1c(O)c(F)cc(Br)c1CO. The Morgan fingerprint density at radius 3 is 2.69 bits per heavy atom. The summed E-state index contributed by atoms with van der Waals surface area (Å²) in [5.74, 6) is -1.43. The van der Waals surface area contributed by atoms with Gasteiger partial charge in [0.25, 0.3) is 0 Å². The van der Waals surface area contributed by atoms with Gasteiger partial charge in [-0.2, -0.15) is 0 Å². The third kappa shape index (κ3) is 1.76. The van der Waals surface area contributed by atoms with E-state index in [-0.39, 0.29) is 12.4 Å². The summed E-state index contributed by atoms with van der Waals surface area (Å²) in [6.07, 6.45) is 0. The molecular weight excluding hydrogens is 243 g/mol. The molecule has 0 amide bonds. The lowest BCUT2D eigenvalue weighted by Gasteiger charge is -2.10. The molecule has 0 spiro atoms. The van der Waals surface area contributed by atoms with Gasteiger partial charge in [-0.15, -0.1) is 0 Å². The third-order valence-corrected chi connectivity index (χ3v) is 2.33. The third-order valence-electron chi connectivity index (χ3n) is 1.62. The molecule has 0 fully saturated rings. The molecule has 0 bridgehead atoms. The second-order valence-corrected chi connectivity index (χ2v) is 3.21. The Kier molecular flexibility index (Phi) is 3.11. The van der Waals surface area contributed by atoms with Gasteiger partial charge in [0, 0.05) is 10.0 Å². The first-order valence-corrected chi connectivity index (χ1v) is 4.25. The summed E-state index contributed by atoms with van der Waals surface area (Å²) in [4.78, 5) is 0. The minimum atomic E-state index is -0.791. The second kappa shape index (κ2) is 3.93. The number of rotatable bonds is 2. The molecule has 0 unspecified atom stereocenters. The van der Waals surface area contributed by atoms with E-state index in [0.717, 1.165) is 6.07 Å². The molecule has 13 heavy (non-hydrogen) atoms. The fourth-order valence-electron chi connectivity index (χ4n) is 0.994. The molecule has 0 atom stereocenters. The van der Waals surface area contributed by atoms with Crippen molar-refractivity contribution < 1.29 is 19.3 Å². The maximum Gasteiger partial charge on any atom is 0.194 e. The van der Waals surface area contributed by atoms with E-state index in [0.29, 0.717) is 10.0 Å². The normalized spacial score (nSPS) is 10.2. The van der Waals surface area contributed by atoms with Crippen LogP contribution in [0.4, 0.5) is 4.39 Å². The summed E-state index contributed by atoms with van der Waals surface area (Å²) in [5.41, 5.74) is 0.321. The van der Waals surface area contributed by atoms with Gasteiger partial charge in [-0.25, -0.2) is 4.39 Å². The van der Waals surface area contributed by atoms with Crippen molar-refractivity contribution in [3.8, 4) is 11.5 Å². The van der Waals surface area contributed by atoms with Gasteiger partial charge in [0.2, 0.25) is 0 Å². The van der Waals surface area contributed by atoms with Crippen molar-refractivity contribution in [2.75, 3.05) is 7.11 Å². The van der Waals surface area contributed by atoms with Crippen LogP contribution >= 0.6 is 15.9 Å². The van der Waals surface area contributed by atoms with Gasteiger partial charge in [-0.05, 0) is 6.07 Å². The summed E-state index contributed by atoms with van der Waals surface area (Å²) in [7, 11) is 1.29. The Balaban J connectivity index is 3.41. The first-order chi connectivity index (χ1) is 6.11. The topological polar surface area (TPSA) is 49.7 Å². The number of aromatic hydroxyl groups is 1. The number of phenols is 1. The summed E-state index contributed by atoms with van der Waals surface area (Å²) in [6, 6.07) is 1.07. The fraction of sp³-hybridized carbons (Fsp3) is 0.250. The number of methoxy groups -OCH3 is 1. The molecule has 0 aliphatic rings. The molecule has 0 saturated carbocycles. The van der Waals surface area contributed by atoms with E-state index in [4.69, 9.17) is 9.84 Å². The molecule has 0 aliphatic heterocycles. The molecule has 1 aromatic rings. The average Bonchev–Trinajstić information content (AvgIpc) is 2.10. The van der Waals surface area contributed by atoms with Crippen molar-refractivity contribution in [1.29, 1.82) is 0 Å². The average molecular weight is 251 g/mol. The van der Waals surface area contributed by atoms with Crippen LogP contribution in [0.3, 0.4) is 0 Å². The Labute approximate surface area is 82.9 Å². The number of phenolic OH excluding ortho intramolecular Hbond substituents is 1. The van der Waals surface area contributed by atoms with Gasteiger partial charge >= 0.3 is 0 Å². The molecule has 0 saturated heterocycles. The van der Waals surface area contributed by atoms with Gasteiger partial charge in [0.15, 0.2) is 17.3 Å². The quantitative estimate of drug-likeness (QED) is 0.842. The zero-order chi connectivity index (χ0) is 10.0. The van der Waals surface area contributed by atoms with Gasteiger partial charge in [-0.1, -0.05) is 15.9 Å². The van der Waals surface area contributed by atoms with Crippen LogP contribution in [0.15, 0.2) is 10.5 Å². The smallest absolute Gasteiger partial charge is 0.194 e. The number of ether oxygens (including phenoxy) is 1. The standard InChI is InChI=1S/C8H8BrFO3/c1-13-8-4(3-11)5(9)2-6(10)7(8)12/h2,11-12H,3H2,1H3. The number of aliphatic hydroxyl groups is 1. The highest BCUT2D eigenvalue weighted by molar-refractivity contribution is 9.10. The van der Waals surface area contributed by atoms with Crippen molar-refractivity contribution in [3.63, 3.8) is 0 Å². The minimum Gasteiger partial charge on any atom is -0.502 e. The predicted molar refractivity (Wildman–Crippen MR) is 48.2 cm³/mol. The molecule has 72 valence electrons. The number of aliphatic hydroxyl groups excluding tert-OH is 1. The van der Waals surface area contributed by atoms with Crippen LogP contribution in [0.1, 0.15) is 5.56 Å². The van der Waals surface area contributed by atoms with Crippen LogP contribution in [0.5, 0.6) is 11.5 Å². The van der Waals surface area contributed by atoms with Crippen LogP contribution in [0.2, 0.25) is 0 Å². The van der Waals surface area contributed by atoms with E-state index < -0.39 is 11.6 Å². The molecule has 5 heteroatoms. The largest absolute Gasteiger partial charge is 0.502 e. The van der Waals surface area contributed by atoms with Crippen molar-refractivity contribution in [3.05, 3.63) is 21.9 Å². The first-order valence-electron chi connectivity index (χ1n) is 3.46. The van der Waals surface area contributed by atoms with E-state index in [1.807, 2.05) is 0 Å². The number of hydrogen-bond donors (Lipinski definition) is 2. The van der Waals surface area contributed by atoms with Crippen molar-refractivity contribution in [2.24, 2.45) is 0 Å². The molecule has 1 rings (SSSR count). The van der Waals surface area contributed by atoms with Crippen LogP contribution in [0.25, 0.3) is 0 Å². The van der Waals surface area contributed by atoms with Gasteiger partial charge in [0.05, 0.1) is 13.7 Å². The molecule has 1 aromatic carbocycles. The van der Waals surface area contributed by atoms with Crippen LogP contribution in [0, 0.1) is 5.82 Å².